The summed E-state index contributed by atoms with van der Waals surface area (Å²) in [6.07, 6.45) is 0.627. The Morgan fingerprint density at radius 1 is 1.24 bits per heavy atom. The zero-order chi connectivity index (χ0) is 17.7. The largest absolute Gasteiger partial charge is 0.353 e. The maximum absolute atomic E-state index is 12.8. The van der Waals surface area contributed by atoms with Crippen LogP contribution in [0.4, 0.5) is 5.00 Å². The molecule has 2 aliphatic heterocycles. The van der Waals surface area contributed by atoms with Crippen LogP contribution in [-0.4, -0.2) is 23.4 Å². The molecule has 0 spiro atoms. The van der Waals surface area contributed by atoms with E-state index in [1.54, 1.807) is 23.5 Å². The van der Waals surface area contributed by atoms with E-state index in [2.05, 4.69) is 29.4 Å². The van der Waals surface area contributed by atoms with Gasteiger partial charge in [-0.15, -0.1) is 11.3 Å². The smallest absolute Gasteiger partial charge is 0.256 e. The second-order valence-electron chi connectivity index (χ2n) is 6.75. The van der Waals surface area contributed by atoms with Crippen molar-refractivity contribution >= 4 is 45.4 Å². The fraction of sp³-hybridized carbons (Fsp3) is 0.389. The van der Waals surface area contributed by atoms with Crippen LogP contribution in [-0.2, 0) is 13.0 Å². The van der Waals surface area contributed by atoms with Crippen LogP contribution in [0.2, 0.25) is 10.0 Å². The molecule has 0 radical (unpaired) electrons. The molecule has 1 aromatic heterocycles. The number of thiophene rings is 1. The second kappa shape index (κ2) is 6.47. The van der Waals surface area contributed by atoms with Crippen molar-refractivity contribution in [2.24, 2.45) is 0 Å². The predicted octanol–water partition coefficient (Wildman–Crippen LogP) is 4.68. The Labute approximate surface area is 161 Å². The molecule has 1 aromatic carbocycles. The van der Waals surface area contributed by atoms with Gasteiger partial charge >= 0.3 is 0 Å². The molecule has 0 aliphatic carbocycles. The molecule has 2 aliphatic rings. The summed E-state index contributed by atoms with van der Waals surface area (Å²) in [6, 6.07) is 5.94. The maximum atomic E-state index is 12.8. The molecule has 1 atom stereocenters. The van der Waals surface area contributed by atoms with Crippen molar-refractivity contribution in [2.45, 2.75) is 39.0 Å². The van der Waals surface area contributed by atoms with Gasteiger partial charge in [-0.2, -0.15) is 0 Å². The van der Waals surface area contributed by atoms with Gasteiger partial charge in [0.05, 0.1) is 15.6 Å². The molecule has 0 bridgehead atoms. The molecule has 0 fully saturated rings. The average Bonchev–Trinajstić information content (AvgIpc) is 2.95. The van der Waals surface area contributed by atoms with Crippen LogP contribution < -0.4 is 10.6 Å². The summed E-state index contributed by atoms with van der Waals surface area (Å²) in [5.74, 6) is -0.0136. The van der Waals surface area contributed by atoms with Gasteiger partial charge in [0.2, 0.25) is 0 Å². The van der Waals surface area contributed by atoms with Crippen LogP contribution >= 0.6 is 34.5 Å². The molecule has 2 N–H and O–H groups in total. The average molecular weight is 396 g/mol. The van der Waals surface area contributed by atoms with Crippen molar-refractivity contribution in [3.8, 4) is 0 Å². The van der Waals surface area contributed by atoms with Gasteiger partial charge in [0.15, 0.2) is 0 Å². The van der Waals surface area contributed by atoms with Crippen molar-refractivity contribution in [1.82, 2.24) is 10.2 Å². The van der Waals surface area contributed by atoms with Crippen LogP contribution in [0.15, 0.2) is 18.2 Å². The van der Waals surface area contributed by atoms with Crippen LogP contribution in [0, 0.1) is 0 Å². The molecule has 3 heterocycles. The number of halogens is 2. The highest BCUT2D eigenvalue weighted by Gasteiger charge is 2.33. The zero-order valence-electron chi connectivity index (χ0n) is 14.0. The Morgan fingerprint density at radius 2 is 2.04 bits per heavy atom. The Morgan fingerprint density at radius 3 is 2.76 bits per heavy atom. The number of fused-ring (bicyclic) bond motifs is 3. The Kier molecular flexibility index (Phi) is 4.44. The molecular formula is C18H19Cl2N3OS. The first-order valence-corrected chi connectivity index (χ1v) is 9.92. The number of amides is 1. The molecule has 25 heavy (non-hydrogen) atoms. The highest BCUT2D eigenvalue weighted by atomic mass is 35.5. The number of nitrogens with zero attached hydrogens (tertiary/aromatic N) is 1. The Bertz CT molecular complexity index is 849. The van der Waals surface area contributed by atoms with E-state index >= 15 is 0 Å². The number of nitrogens with one attached hydrogen (secondary N) is 2. The number of anilines is 1. The molecule has 2 aromatic rings. The molecule has 132 valence electrons. The van der Waals surface area contributed by atoms with E-state index in [0.717, 1.165) is 35.6 Å². The van der Waals surface area contributed by atoms with E-state index in [1.165, 1.54) is 10.4 Å². The predicted molar refractivity (Wildman–Crippen MR) is 104 cm³/mol. The highest BCUT2D eigenvalue weighted by molar-refractivity contribution is 7.16. The second-order valence-corrected chi connectivity index (χ2v) is 8.67. The third kappa shape index (κ3) is 3.04. The third-order valence-corrected chi connectivity index (χ3v) is 6.76. The lowest BCUT2D eigenvalue weighted by Crippen LogP contribution is -2.39. The lowest BCUT2D eigenvalue weighted by atomic mass is 9.99. The van der Waals surface area contributed by atoms with E-state index in [-0.39, 0.29) is 12.1 Å². The monoisotopic (exact) mass is 395 g/mol. The lowest BCUT2D eigenvalue weighted by Gasteiger charge is -2.31. The molecule has 0 unspecified atom stereocenters. The van der Waals surface area contributed by atoms with Gasteiger partial charge in [0.1, 0.15) is 11.2 Å². The van der Waals surface area contributed by atoms with Crippen molar-refractivity contribution in [2.75, 3.05) is 11.9 Å². The van der Waals surface area contributed by atoms with E-state index < -0.39 is 0 Å². The summed E-state index contributed by atoms with van der Waals surface area (Å²) in [5.41, 5.74) is 2.91. The third-order valence-electron chi connectivity index (χ3n) is 4.87. The number of benzene rings is 1. The van der Waals surface area contributed by atoms with E-state index in [0.29, 0.717) is 16.1 Å². The van der Waals surface area contributed by atoms with E-state index in [4.69, 9.17) is 23.2 Å². The van der Waals surface area contributed by atoms with Crippen molar-refractivity contribution in [3.63, 3.8) is 0 Å². The molecule has 4 rings (SSSR count). The highest BCUT2D eigenvalue weighted by Crippen LogP contribution is 2.41. The lowest BCUT2D eigenvalue weighted by molar-refractivity contribution is 0.0934. The van der Waals surface area contributed by atoms with Crippen LogP contribution in [0.3, 0.4) is 0 Å². The van der Waals surface area contributed by atoms with Crippen molar-refractivity contribution in [3.05, 3.63) is 49.8 Å². The molecule has 4 nitrogen and oxygen atoms in total. The summed E-state index contributed by atoms with van der Waals surface area (Å²) in [4.78, 5) is 16.5. The summed E-state index contributed by atoms with van der Waals surface area (Å²) in [6.45, 7) is 6.34. The molecule has 0 saturated heterocycles. The standard InChI is InChI=1S/C18H19Cl2N3OS/c1-9(2)23-6-5-11-14(8-23)25-18-15(11)17(24)21-16(22-18)10-3-4-12(19)13(20)7-10/h3-4,7,9,16,22H,5-6,8H2,1-2H3,(H,21,24)/t16-/m1/s1. The number of hydrogen-bond acceptors (Lipinski definition) is 4. The minimum atomic E-state index is -0.295. The SMILES string of the molecule is CC(C)N1CCc2c(sc3c2C(=O)N[C@@H](c2ccc(Cl)c(Cl)c2)N3)C1. The van der Waals surface area contributed by atoms with Gasteiger partial charge in [-0.05, 0) is 43.5 Å². The summed E-state index contributed by atoms with van der Waals surface area (Å²) in [7, 11) is 0. The Balaban J connectivity index is 1.65. The minimum Gasteiger partial charge on any atom is -0.353 e. The van der Waals surface area contributed by atoms with Gasteiger partial charge in [0.25, 0.3) is 5.91 Å². The van der Waals surface area contributed by atoms with Gasteiger partial charge in [-0.3, -0.25) is 9.69 Å². The van der Waals surface area contributed by atoms with Crippen LogP contribution in [0.5, 0.6) is 0 Å². The first kappa shape index (κ1) is 17.2. The van der Waals surface area contributed by atoms with Gasteiger partial charge in [-0.1, -0.05) is 29.3 Å². The molecule has 0 saturated carbocycles. The maximum Gasteiger partial charge on any atom is 0.256 e. The fourth-order valence-electron chi connectivity index (χ4n) is 3.43. The Hall–Kier alpha value is -1.27. The first-order chi connectivity index (χ1) is 11.9. The van der Waals surface area contributed by atoms with E-state index in [9.17, 15) is 4.79 Å². The van der Waals surface area contributed by atoms with E-state index in [1.807, 2.05) is 6.07 Å². The van der Waals surface area contributed by atoms with Crippen molar-refractivity contribution in [1.29, 1.82) is 0 Å². The molecule has 7 heteroatoms. The summed E-state index contributed by atoms with van der Waals surface area (Å²) >= 11 is 13.8. The zero-order valence-corrected chi connectivity index (χ0v) is 16.4. The molecule has 1 amide bonds. The van der Waals surface area contributed by atoms with Gasteiger partial charge in [0, 0.05) is 24.0 Å². The molecular weight excluding hydrogens is 377 g/mol. The minimum absolute atomic E-state index is 0.0136. The number of rotatable bonds is 2. The van der Waals surface area contributed by atoms with Gasteiger partial charge in [-0.25, -0.2) is 0 Å². The fourth-order valence-corrected chi connectivity index (χ4v) is 5.04. The van der Waals surface area contributed by atoms with Gasteiger partial charge < -0.3 is 10.6 Å². The number of carbonyl (C=O) groups is 1. The number of carbonyl (C=O) groups excluding carboxylic acids is 1. The summed E-state index contributed by atoms with van der Waals surface area (Å²) in [5, 5.41) is 8.45. The van der Waals surface area contributed by atoms with Crippen LogP contribution in [0.25, 0.3) is 0 Å². The normalized spacial score (nSPS) is 20.0. The summed E-state index contributed by atoms with van der Waals surface area (Å²) < 4.78 is 0. The van der Waals surface area contributed by atoms with Crippen LogP contribution in [0.1, 0.15) is 46.4 Å². The topological polar surface area (TPSA) is 44.4 Å². The number of hydrogen-bond donors (Lipinski definition) is 2. The quantitative estimate of drug-likeness (QED) is 0.775. The van der Waals surface area contributed by atoms with Crippen molar-refractivity contribution < 1.29 is 4.79 Å². The first-order valence-electron chi connectivity index (χ1n) is 8.35.